The third-order valence-electron chi connectivity index (χ3n) is 12.9. The van der Waals surface area contributed by atoms with Crippen molar-refractivity contribution in [2.45, 2.75) is 112 Å². The molecule has 5 heteroatoms. The lowest BCUT2D eigenvalue weighted by Crippen LogP contribution is -2.64. The molecule has 0 amide bonds. The number of hydrogen-bond donors (Lipinski definition) is 1. The molecule has 0 saturated heterocycles. The van der Waals surface area contributed by atoms with E-state index in [9.17, 15) is 9.90 Å². The van der Waals surface area contributed by atoms with Crippen LogP contribution in [0.3, 0.4) is 0 Å². The second-order valence-corrected chi connectivity index (χ2v) is 15.1. The fourth-order valence-corrected chi connectivity index (χ4v) is 10.8. The van der Waals surface area contributed by atoms with Gasteiger partial charge in [0.1, 0.15) is 11.4 Å². The molecule has 0 radical (unpaired) electrons. The van der Waals surface area contributed by atoms with Crippen LogP contribution in [0.5, 0.6) is 0 Å². The van der Waals surface area contributed by atoms with Crippen LogP contribution in [0.15, 0.2) is 16.3 Å². The number of fused-ring (bicyclic) bond motifs is 8. The fraction of sp³-hybridized carbons (Fsp3) is 0.833. The zero-order valence-electron chi connectivity index (χ0n) is 22.8. The number of carboxylic acids is 1. The Hall–Kier alpha value is -1.65. The second-order valence-electron chi connectivity index (χ2n) is 15.1. The van der Waals surface area contributed by atoms with Gasteiger partial charge in [-0.05, 0) is 90.8 Å². The van der Waals surface area contributed by atoms with Crippen molar-refractivity contribution in [3.63, 3.8) is 0 Å². The smallest absolute Gasteiger partial charge is 0.310 e. The van der Waals surface area contributed by atoms with E-state index in [1.807, 2.05) is 0 Å². The van der Waals surface area contributed by atoms with Crippen molar-refractivity contribution in [2.75, 3.05) is 0 Å². The van der Waals surface area contributed by atoms with Crippen LogP contribution in [0.2, 0.25) is 0 Å². The minimum absolute atomic E-state index is 0.0486. The average Bonchev–Trinajstić information content (AvgIpc) is 3.22. The van der Waals surface area contributed by atoms with Crippen molar-refractivity contribution in [1.29, 1.82) is 0 Å². The second kappa shape index (κ2) is 6.81. The molecule has 0 aliphatic heterocycles. The van der Waals surface area contributed by atoms with E-state index in [0.29, 0.717) is 11.8 Å². The number of carbonyl (C=O) groups is 1. The van der Waals surface area contributed by atoms with Gasteiger partial charge in [0.2, 0.25) is 0 Å². The maximum Gasteiger partial charge on any atom is 0.310 e. The standard InChI is InChI=1S/C30H44N2O3/c1-25(2)12-14-30(24(33)34)15-13-28(6)18(19(30)16-25)8-9-22-27(5)17-20-23(32-35-31-20)26(3,4)21(27)10-11-29(22,28)7/h8,19,21-22H,9-17H2,1-7H3,(H,33,34)/t19-,21+,22+,27+,28-,29+,30+/m1/s1. The van der Waals surface area contributed by atoms with Gasteiger partial charge in [0.05, 0.1) is 5.41 Å². The van der Waals surface area contributed by atoms with Crippen LogP contribution < -0.4 is 0 Å². The van der Waals surface area contributed by atoms with Crippen molar-refractivity contribution < 1.29 is 14.5 Å². The lowest BCUT2D eigenvalue weighted by atomic mass is 9.34. The zero-order valence-corrected chi connectivity index (χ0v) is 22.8. The van der Waals surface area contributed by atoms with Crippen molar-refractivity contribution in [1.82, 2.24) is 10.3 Å². The van der Waals surface area contributed by atoms with Gasteiger partial charge in [-0.1, -0.05) is 70.4 Å². The van der Waals surface area contributed by atoms with Gasteiger partial charge < -0.3 is 5.11 Å². The molecule has 3 saturated carbocycles. The molecule has 1 N–H and O–H groups in total. The van der Waals surface area contributed by atoms with Gasteiger partial charge in [-0.15, -0.1) is 0 Å². The maximum atomic E-state index is 12.8. The van der Waals surface area contributed by atoms with Crippen LogP contribution in [0.4, 0.5) is 0 Å². The molecule has 6 rings (SSSR count). The number of rotatable bonds is 1. The maximum absolute atomic E-state index is 12.8. The summed E-state index contributed by atoms with van der Waals surface area (Å²) in [6.07, 6.45) is 11.6. The van der Waals surface area contributed by atoms with E-state index in [1.54, 1.807) is 0 Å². The highest BCUT2D eigenvalue weighted by Gasteiger charge is 2.69. The first-order valence-electron chi connectivity index (χ1n) is 14.0. The summed E-state index contributed by atoms with van der Waals surface area (Å²) in [6, 6.07) is 0. The number of allylic oxidation sites excluding steroid dienone is 2. The van der Waals surface area contributed by atoms with Gasteiger partial charge in [0.15, 0.2) is 0 Å². The monoisotopic (exact) mass is 480 g/mol. The van der Waals surface area contributed by atoms with Gasteiger partial charge in [-0.3, -0.25) is 4.79 Å². The van der Waals surface area contributed by atoms with Gasteiger partial charge in [0.25, 0.3) is 0 Å². The van der Waals surface area contributed by atoms with Crippen molar-refractivity contribution in [3.8, 4) is 0 Å². The van der Waals surface area contributed by atoms with E-state index in [0.717, 1.165) is 56.3 Å². The largest absolute Gasteiger partial charge is 0.481 e. The third kappa shape index (κ3) is 2.74. The molecular weight excluding hydrogens is 436 g/mol. The van der Waals surface area contributed by atoms with Crippen LogP contribution in [0.1, 0.15) is 111 Å². The van der Waals surface area contributed by atoms with E-state index in [-0.39, 0.29) is 33.0 Å². The zero-order chi connectivity index (χ0) is 25.2. The van der Waals surface area contributed by atoms with Crippen LogP contribution in [-0.2, 0) is 16.6 Å². The number of aliphatic carboxylic acids is 1. The molecule has 192 valence electrons. The Morgan fingerprint density at radius 3 is 2.40 bits per heavy atom. The van der Waals surface area contributed by atoms with Gasteiger partial charge >= 0.3 is 5.97 Å². The molecule has 5 aliphatic carbocycles. The molecule has 0 spiro atoms. The first-order chi connectivity index (χ1) is 16.2. The minimum Gasteiger partial charge on any atom is -0.481 e. The molecule has 1 aromatic heterocycles. The predicted octanol–water partition coefficient (Wildman–Crippen LogP) is 6.97. The summed E-state index contributed by atoms with van der Waals surface area (Å²) < 4.78 is 5.27. The number of hydrogen-bond acceptors (Lipinski definition) is 4. The molecule has 1 aromatic rings. The quantitative estimate of drug-likeness (QED) is 0.439. The van der Waals surface area contributed by atoms with Crippen molar-refractivity contribution in [3.05, 3.63) is 23.0 Å². The molecule has 35 heavy (non-hydrogen) atoms. The van der Waals surface area contributed by atoms with E-state index in [1.165, 1.54) is 18.4 Å². The number of nitrogens with zero attached hydrogens (tertiary/aromatic N) is 2. The van der Waals surface area contributed by atoms with Gasteiger partial charge in [-0.25, -0.2) is 4.63 Å². The Labute approximate surface area is 210 Å². The Kier molecular flexibility index (Phi) is 4.61. The average molecular weight is 481 g/mol. The Balaban J connectivity index is 1.47. The molecule has 1 heterocycles. The summed E-state index contributed by atoms with van der Waals surface area (Å²) >= 11 is 0. The van der Waals surface area contributed by atoms with Crippen molar-refractivity contribution >= 4 is 5.97 Å². The fourth-order valence-electron chi connectivity index (χ4n) is 10.8. The number of aromatic nitrogens is 2. The van der Waals surface area contributed by atoms with E-state index in [4.69, 9.17) is 4.63 Å². The SMILES string of the molecule is CC1(C)CC[C@]2(C(=O)O)CC[C@]3(C)C(=CC[C@H]4[C@@]5(C)Cc6nonc6C(C)(C)[C@@H]5CC[C@@]43C)[C@H]2C1. The third-order valence-corrected chi connectivity index (χ3v) is 12.9. The Morgan fingerprint density at radius 1 is 0.971 bits per heavy atom. The minimum atomic E-state index is -0.570. The van der Waals surface area contributed by atoms with Crippen molar-refractivity contribution in [2.24, 2.45) is 44.8 Å². The van der Waals surface area contributed by atoms with Crippen LogP contribution >= 0.6 is 0 Å². The lowest BCUT2D eigenvalue weighted by molar-refractivity contribution is -0.177. The highest BCUT2D eigenvalue weighted by molar-refractivity contribution is 5.76. The normalized spacial score (nSPS) is 47.3. The van der Waals surface area contributed by atoms with E-state index >= 15 is 0 Å². The highest BCUT2D eigenvalue weighted by Crippen LogP contribution is 2.75. The molecule has 5 nitrogen and oxygen atoms in total. The molecule has 0 bridgehead atoms. The summed E-state index contributed by atoms with van der Waals surface area (Å²) in [7, 11) is 0. The van der Waals surface area contributed by atoms with Gasteiger partial charge in [-0.2, -0.15) is 0 Å². The topological polar surface area (TPSA) is 76.2 Å². The van der Waals surface area contributed by atoms with E-state index < -0.39 is 11.4 Å². The van der Waals surface area contributed by atoms with E-state index in [2.05, 4.69) is 64.9 Å². The summed E-state index contributed by atoms with van der Waals surface area (Å²) in [4.78, 5) is 12.8. The molecule has 5 aliphatic rings. The first-order valence-corrected chi connectivity index (χ1v) is 14.0. The van der Waals surface area contributed by atoms with Crippen LogP contribution in [-0.4, -0.2) is 21.4 Å². The molecule has 3 fully saturated rings. The Morgan fingerprint density at radius 2 is 1.69 bits per heavy atom. The number of carboxylic acid groups (broad SMARTS) is 1. The molecule has 0 unspecified atom stereocenters. The lowest BCUT2D eigenvalue weighted by Gasteiger charge is -2.70. The summed E-state index contributed by atoms with van der Waals surface area (Å²) in [5, 5.41) is 19.3. The van der Waals surface area contributed by atoms with Crippen LogP contribution in [0, 0.1) is 44.8 Å². The molecule has 7 atom stereocenters. The van der Waals surface area contributed by atoms with Crippen LogP contribution in [0.25, 0.3) is 0 Å². The highest BCUT2D eigenvalue weighted by atomic mass is 16.6. The summed E-state index contributed by atoms with van der Waals surface area (Å²) in [6.45, 7) is 17.0. The predicted molar refractivity (Wildman–Crippen MR) is 135 cm³/mol. The first kappa shape index (κ1) is 23.7. The Bertz CT molecular complexity index is 1120. The summed E-state index contributed by atoms with van der Waals surface area (Å²) in [5.41, 5.74) is 3.53. The molecule has 0 aromatic carbocycles. The molecular formula is C30H44N2O3. The van der Waals surface area contributed by atoms with Gasteiger partial charge in [0, 0.05) is 11.8 Å². The summed E-state index contributed by atoms with van der Waals surface area (Å²) in [5.74, 6) is 0.700.